The van der Waals surface area contributed by atoms with E-state index in [0.29, 0.717) is 5.57 Å². The fourth-order valence-corrected chi connectivity index (χ4v) is 3.02. The van der Waals surface area contributed by atoms with Crippen molar-refractivity contribution in [3.05, 3.63) is 45.3 Å². The van der Waals surface area contributed by atoms with Gasteiger partial charge in [0.1, 0.15) is 0 Å². The molecule has 3 N–H and O–H groups in total. The number of anilines is 1. The first-order valence-electron chi connectivity index (χ1n) is 8.01. The smallest absolute Gasteiger partial charge is 0.427 e. The Bertz CT molecular complexity index is 974. The van der Waals surface area contributed by atoms with Gasteiger partial charge in [-0.15, -0.1) is 15.7 Å². The molecule has 1 atom stereocenters. The van der Waals surface area contributed by atoms with Crippen LogP contribution in [0.5, 0.6) is 5.75 Å². The Morgan fingerprint density at radius 2 is 1.93 bits per heavy atom. The third kappa shape index (κ3) is 3.84. The normalized spacial score (nSPS) is 20.5. The minimum absolute atomic E-state index is 0.0737. The van der Waals surface area contributed by atoms with Gasteiger partial charge >= 0.3 is 6.09 Å². The second kappa shape index (κ2) is 7.23. The lowest BCUT2D eigenvalue weighted by molar-refractivity contribution is -0.119. The van der Waals surface area contributed by atoms with Crippen LogP contribution in [0.3, 0.4) is 0 Å². The van der Waals surface area contributed by atoms with Crippen molar-refractivity contribution in [3.8, 4) is 5.75 Å². The summed E-state index contributed by atoms with van der Waals surface area (Å²) in [6, 6.07) is 2.81. The predicted molar refractivity (Wildman–Crippen MR) is 96.5 cm³/mol. The standard InChI is InChI=1S/C16H11Cl2N5O5/c17-9-3-7(19-15(25)13-20-16(26)28-23-13)4-10(18)12(9)27-11-5-8(6-1-2-6)14(24)22-21-11/h3-5,13,23H,1-2H2,(H,19,25)(H,20,26). The first kappa shape index (κ1) is 18.4. The van der Waals surface area contributed by atoms with E-state index in [1.165, 1.54) is 18.2 Å². The van der Waals surface area contributed by atoms with Crippen LogP contribution < -0.4 is 20.9 Å². The Morgan fingerprint density at radius 3 is 2.54 bits per heavy atom. The molecule has 0 radical (unpaired) electrons. The molecule has 4 rings (SSSR count). The number of nitrogens with one attached hydrogen (secondary N) is 3. The van der Waals surface area contributed by atoms with Crippen molar-refractivity contribution < 1.29 is 24.0 Å². The summed E-state index contributed by atoms with van der Waals surface area (Å²) >= 11 is 12.4. The van der Waals surface area contributed by atoms with E-state index in [4.69, 9.17) is 27.9 Å². The number of hydrogen-bond donors (Lipinski definition) is 3. The van der Waals surface area contributed by atoms with Gasteiger partial charge in [-0.3, -0.25) is 14.9 Å². The van der Waals surface area contributed by atoms with Gasteiger partial charge in [0.25, 0.3) is 11.8 Å². The lowest BCUT2D eigenvalue weighted by atomic mass is 10.2. The SMILES string of the molecule is O=C1NC(C(=O)Nc2cc(Cl)c(OC3=CC(=C4CC4)C(=O)N=N3)c(Cl)c2)NO1. The van der Waals surface area contributed by atoms with E-state index in [1.807, 2.05) is 0 Å². The molecule has 1 saturated heterocycles. The molecule has 3 aliphatic rings. The van der Waals surface area contributed by atoms with E-state index in [0.717, 1.165) is 18.4 Å². The highest BCUT2D eigenvalue weighted by Gasteiger charge is 2.29. The van der Waals surface area contributed by atoms with Crippen molar-refractivity contribution >= 4 is 46.8 Å². The summed E-state index contributed by atoms with van der Waals surface area (Å²) in [5.41, 5.74) is 3.95. The van der Waals surface area contributed by atoms with Gasteiger partial charge < -0.3 is 14.9 Å². The zero-order chi connectivity index (χ0) is 19.8. The average molecular weight is 424 g/mol. The number of hydroxylamine groups is 1. The number of azo groups is 1. The summed E-state index contributed by atoms with van der Waals surface area (Å²) in [6.45, 7) is 0. The van der Waals surface area contributed by atoms with E-state index in [9.17, 15) is 14.4 Å². The largest absolute Gasteiger partial charge is 0.434 e. The summed E-state index contributed by atoms with van der Waals surface area (Å²) < 4.78 is 5.60. The molecule has 2 aliphatic heterocycles. The Kier molecular flexibility index (Phi) is 4.75. The van der Waals surface area contributed by atoms with Crippen LogP contribution >= 0.6 is 23.2 Å². The van der Waals surface area contributed by atoms with Gasteiger partial charge in [0.2, 0.25) is 5.88 Å². The van der Waals surface area contributed by atoms with Crippen LogP contribution in [0, 0.1) is 0 Å². The molecule has 12 heteroatoms. The summed E-state index contributed by atoms with van der Waals surface area (Å²) in [5, 5.41) is 12.2. The lowest BCUT2D eigenvalue weighted by Crippen LogP contribution is -2.43. The summed E-state index contributed by atoms with van der Waals surface area (Å²) in [4.78, 5) is 39.2. The van der Waals surface area contributed by atoms with Crippen molar-refractivity contribution in [3.63, 3.8) is 0 Å². The maximum atomic E-state index is 12.1. The first-order chi connectivity index (χ1) is 13.4. The summed E-state index contributed by atoms with van der Waals surface area (Å²) in [7, 11) is 0. The quantitative estimate of drug-likeness (QED) is 0.638. The Morgan fingerprint density at radius 1 is 1.21 bits per heavy atom. The zero-order valence-corrected chi connectivity index (χ0v) is 15.4. The molecular formula is C16H11Cl2N5O5. The lowest BCUT2D eigenvalue weighted by Gasteiger charge is -2.14. The number of nitrogens with zero attached hydrogens (tertiary/aromatic N) is 2. The van der Waals surface area contributed by atoms with E-state index in [1.54, 1.807) is 0 Å². The highest BCUT2D eigenvalue weighted by Crippen LogP contribution is 2.39. The molecule has 144 valence electrons. The summed E-state index contributed by atoms with van der Waals surface area (Å²) in [5.74, 6) is -0.831. The molecular weight excluding hydrogens is 413 g/mol. The Balaban J connectivity index is 1.50. The van der Waals surface area contributed by atoms with Crippen LogP contribution in [0.25, 0.3) is 0 Å². The molecule has 1 aliphatic carbocycles. The predicted octanol–water partition coefficient (Wildman–Crippen LogP) is 2.81. The van der Waals surface area contributed by atoms with Gasteiger partial charge in [-0.05, 0) is 25.0 Å². The fourth-order valence-electron chi connectivity index (χ4n) is 2.45. The van der Waals surface area contributed by atoms with E-state index in [2.05, 4.69) is 31.2 Å². The van der Waals surface area contributed by atoms with Crippen molar-refractivity contribution in [2.75, 3.05) is 5.32 Å². The van der Waals surface area contributed by atoms with E-state index in [-0.39, 0.29) is 27.4 Å². The number of benzene rings is 1. The number of carbonyl (C=O) groups excluding carboxylic acids is 3. The first-order valence-corrected chi connectivity index (χ1v) is 8.77. The molecule has 0 aromatic heterocycles. The fraction of sp³-hybridized carbons (Fsp3) is 0.188. The number of allylic oxidation sites excluding steroid dienone is 1. The maximum absolute atomic E-state index is 12.1. The van der Waals surface area contributed by atoms with Crippen LogP contribution in [0.2, 0.25) is 10.0 Å². The molecule has 0 bridgehead atoms. The molecule has 1 aromatic rings. The van der Waals surface area contributed by atoms with Crippen molar-refractivity contribution in [1.29, 1.82) is 0 Å². The van der Waals surface area contributed by atoms with E-state index >= 15 is 0 Å². The molecule has 0 spiro atoms. The van der Waals surface area contributed by atoms with Gasteiger partial charge in [-0.2, -0.15) is 0 Å². The van der Waals surface area contributed by atoms with Gasteiger partial charge in [0.15, 0.2) is 11.9 Å². The minimum Gasteiger partial charge on any atom is -0.434 e. The molecule has 28 heavy (non-hydrogen) atoms. The third-order valence-electron chi connectivity index (χ3n) is 3.88. The molecule has 1 unspecified atom stereocenters. The molecule has 2 heterocycles. The van der Waals surface area contributed by atoms with Gasteiger partial charge in [0, 0.05) is 17.3 Å². The van der Waals surface area contributed by atoms with Crippen LogP contribution in [-0.4, -0.2) is 24.1 Å². The second-order valence-corrected chi connectivity index (χ2v) is 6.76. The van der Waals surface area contributed by atoms with Gasteiger partial charge in [-0.1, -0.05) is 28.8 Å². The Hall–Kier alpha value is -2.95. The monoisotopic (exact) mass is 423 g/mol. The average Bonchev–Trinajstić information content (AvgIpc) is 3.39. The van der Waals surface area contributed by atoms with Crippen LogP contribution in [-0.2, 0) is 14.4 Å². The zero-order valence-electron chi connectivity index (χ0n) is 13.9. The number of carbonyl (C=O) groups is 3. The van der Waals surface area contributed by atoms with Crippen molar-refractivity contribution in [1.82, 2.24) is 10.8 Å². The van der Waals surface area contributed by atoms with Gasteiger partial charge in [-0.25, -0.2) is 4.79 Å². The van der Waals surface area contributed by atoms with Gasteiger partial charge in [0.05, 0.1) is 10.0 Å². The summed E-state index contributed by atoms with van der Waals surface area (Å²) in [6.07, 6.45) is 1.36. The number of rotatable bonds is 4. The molecule has 1 saturated carbocycles. The van der Waals surface area contributed by atoms with Crippen LogP contribution in [0.15, 0.2) is 45.5 Å². The number of amides is 3. The highest BCUT2D eigenvalue weighted by molar-refractivity contribution is 6.37. The molecule has 10 nitrogen and oxygen atoms in total. The molecule has 2 fully saturated rings. The minimum atomic E-state index is -1.06. The number of ether oxygens (including phenoxy) is 1. The number of halogens is 2. The maximum Gasteiger partial charge on any atom is 0.427 e. The van der Waals surface area contributed by atoms with Crippen LogP contribution in [0.4, 0.5) is 10.5 Å². The van der Waals surface area contributed by atoms with Crippen molar-refractivity contribution in [2.24, 2.45) is 10.2 Å². The van der Waals surface area contributed by atoms with Crippen molar-refractivity contribution in [2.45, 2.75) is 19.0 Å². The molecule has 3 amide bonds. The highest BCUT2D eigenvalue weighted by atomic mass is 35.5. The Labute approximate surface area is 167 Å². The second-order valence-electron chi connectivity index (χ2n) is 5.95. The van der Waals surface area contributed by atoms with E-state index < -0.39 is 24.1 Å². The van der Waals surface area contributed by atoms with Crippen LogP contribution in [0.1, 0.15) is 12.8 Å². The number of hydrogen-bond acceptors (Lipinski definition) is 7. The third-order valence-corrected chi connectivity index (χ3v) is 4.45. The molecule has 1 aromatic carbocycles. The topological polar surface area (TPSA) is 130 Å².